The summed E-state index contributed by atoms with van der Waals surface area (Å²) < 4.78 is 15.7. The molecular weight excluding hydrogens is 106 g/mol. The smallest absolute Gasteiger partial charge is 0.215 e. The van der Waals surface area contributed by atoms with Gasteiger partial charge in [-0.25, -0.2) is 4.21 Å². The van der Waals surface area contributed by atoms with Crippen molar-refractivity contribution in [1.29, 1.82) is 1.43 Å². The lowest BCUT2D eigenvalue weighted by Crippen LogP contribution is -1.44. The molecule has 0 bridgehead atoms. The minimum Gasteiger partial charge on any atom is -0.376 e. The fraction of sp³-hybridized carbons (Fsp3) is 0. The molecule has 2 nitrogen and oxygen atoms in total. The molecule has 0 fully saturated rings. The summed E-state index contributed by atoms with van der Waals surface area (Å²) in [6.45, 7) is -1.34. The summed E-state index contributed by atoms with van der Waals surface area (Å²) in [6, 6.07) is 0. The zero-order valence-corrected chi connectivity index (χ0v) is 4.54. The Balaban J connectivity index is 3.52. The van der Waals surface area contributed by atoms with E-state index in [1.54, 1.807) is 7.57 Å². The van der Waals surface area contributed by atoms with E-state index in [1.165, 1.54) is 0 Å². The van der Waals surface area contributed by atoms with Crippen LogP contribution in [0.2, 0.25) is 0 Å². The van der Waals surface area contributed by atoms with Gasteiger partial charge in [-0.15, -0.1) is 0 Å². The van der Waals surface area contributed by atoms with Gasteiger partial charge in [-0.1, -0.05) is 0 Å². The first-order valence-corrected chi connectivity index (χ1v) is 4.45. The second-order valence-electron chi connectivity index (χ2n) is 0.575. The van der Waals surface area contributed by atoms with Crippen molar-refractivity contribution in [2.75, 3.05) is 0 Å². The van der Waals surface area contributed by atoms with Gasteiger partial charge in [0.2, 0.25) is 1.43 Å². The number of rotatable bonds is 1. The van der Waals surface area contributed by atoms with Crippen molar-refractivity contribution in [2.24, 2.45) is 0 Å². The molecular formula is H4BO2PS. The van der Waals surface area contributed by atoms with Crippen LogP contribution in [0.4, 0.5) is 0 Å². The van der Waals surface area contributed by atoms with Crippen LogP contribution in [0.15, 0.2) is 0 Å². The summed E-state index contributed by atoms with van der Waals surface area (Å²) in [5.41, 5.74) is 0. The molecule has 1 unspecified atom stereocenters. The highest BCUT2D eigenvalue weighted by Crippen LogP contribution is 2.00. The van der Waals surface area contributed by atoms with Crippen molar-refractivity contribution in [3.63, 3.8) is 0 Å². The molecule has 5 heavy (non-hydrogen) atoms. The summed E-state index contributed by atoms with van der Waals surface area (Å²) >= 11 is 0. The Morgan fingerprint density at radius 3 is 3.00 bits per heavy atom. The van der Waals surface area contributed by atoms with Crippen LogP contribution in [0, 0.1) is 0 Å². The molecule has 0 aromatic heterocycles. The first kappa shape index (κ1) is 3.66. The second-order valence-corrected chi connectivity index (χ2v) is 3.95. The quantitative estimate of drug-likeness (QED) is 0.340. The summed E-state index contributed by atoms with van der Waals surface area (Å²) in [5.74, 6) is 0. The van der Waals surface area contributed by atoms with E-state index in [0.717, 1.165) is 0 Å². The molecule has 0 saturated heterocycles. The zero-order chi connectivity index (χ0) is 4.99. The van der Waals surface area contributed by atoms with Gasteiger partial charge in [0, 0.05) is 6.80 Å². The average Bonchev–Trinajstić information content (AvgIpc) is 1.65. The van der Waals surface area contributed by atoms with Crippen molar-refractivity contribution in [1.82, 2.24) is 0 Å². The van der Waals surface area contributed by atoms with Crippen molar-refractivity contribution >= 4 is 25.2 Å². The van der Waals surface area contributed by atoms with Gasteiger partial charge in [0.25, 0.3) is 0 Å². The average molecular weight is 111 g/mol. The fourth-order valence-corrected chi connectivity index (χ4v) is 0. The van der Waals surface area contributed by atoms with Gasteiger partial charge in [0.15, 0.2) is 7.57 Å². The molecule has 1 atom stereocenters. The highest BCUT2D eigenvalue weighted by molar-refractivity contribution is 8.16. The predicted octanol–water partition coefficient (Wildman–Crippen LogP) is -1.22. The molecule has 0 radical (unpaired) electrons. The minimum absolute atomic E-state index is 0.367. The van der Waals surface area contributed by atoms with E-state index in [9.17, 15) is 4.21 Å². The monoisotopic (exact) mass is 111 g/mol. The van der Waals surface area contributed by atoms with E-state index < -0.39 is 6.80 Å². The van der Waals surface area contributed by atoms with Gasteiger partial charge in [-0.3, -0.25) is 0 Å². The van der Waals surface area contributed by atoms with Crippen molar-refractivity contribution in [3.8, 4) is 0 Å². The molecule has 0 aromatic rings. The maximum absolute atomic E-state index is 9.58. The highest BCUT2D eigenvalue weighted by atomic mass is 32.5. The van der Waals surface area contributed by atoms with Crippen LogP contribution < -0.4 is 0 Å². The highest BCUT2D eigenvalue weighted by Gasteiger charge is 1.63. The maximum atomic E-state index is 9.58. The van der Waals surface area contributed by atoms with E-state index >= 15 is 0 Å². The van der Waals surface area contributed by atoms with Crippen LogP contribution in [-0.2, 0) is 10.8 Å². The molecule has 0 heterocycles. The van der Waals surface area contributed by atoms with Crippen molar-refractivity contribution < 1.29 is 9.10 Å². The van der Waals surface area contributed by atoms with Gasteiger partial charge < -0.3 is 4.90 Å². The van der Waals surface area contributed by atoms with Crippen molar-refractivity contribution in [3.05, 3.63) is 0 Å². The maximum Gasteiger partial charge on any atom is 0.215 e. The largest absolute Gasteiger partial charge is 0.376 e. The number of hydrogen-bond acceptors (Lipinski definition) is 2. The molecule has 5 heteroatoms. The van der Waals surface area contributed by atoms with Gasteiger partial charge >= 0.3 is 0 Å². The normalized spacial score (nSPS) is 16.4. The van der Waals surface area contributed by atoms with Gasteiger partial charge in [-0.05, 0) is 0 Å². The van der Waals surface area contributed by atoms with Crippen LogP contribution in [0.1, 0.15) is 0 Å². The first-order chi connectivity index (χ1) is 2.81. The third-order valence-electron chi connectivity index (χ3n) is 0.117. The topological polar surface area (TPSA) is 37.3 Å². The molecule has 0 amide bonds. The van der Waals surface area contributed by atoms with E-state index in [0.29, 0.717) is 10.8 Å². The summed E-state index contributed by atoms with van der Waals surface area (Å²) in [6.07, 6.45) is 0. The third kappa shape index (κ3) is 4.47. The lowest BCUT2D eigenvalue weighted by Gasteiger charge is -1.65. The Hall–Kier alpha value is 0.475. The second kappa shape index (κ2) is 2.70. The van der Waals surface area contributed by atoms with E-state index in [4.69, 9.17) is 1.43 Å². The molecule has 0 aliphatic heterocycles. The van der Waals surface area contributed by atoms with Crippen LogP contribution in [0.25, 0.3) is 0 Å². The summed E-state index contributed by atoms with van der Waals surface area (Å²) in [7, 11) is 1.99. The van der Waals surface area contributed by atoms with Crippen LogP contribution in [-0.4, -0.2) is 18.1 Å². The lowest BCUT2D eigenvalue weighted by molar-refractivity contribution is 0.654. The fourth-order valence-electron chi connectivity index (χ4n) is 0. The minimum atomic E-state index is -1.34. The zero-order valence-electron chi connectivity index (χ0n) is 3.72. The van der Waals surface area contributed by atoms with Gasteiger partial charge in [0.1, 0.15) is 0 Å². The first-order valence-electron chi connectivity index (χ1n) is 1.48. The SMILES string of the molecule is [2H]O[PH](B)=S=O. The van der Waals surface area contributed by atoms with Crippen molar-refractivity contribution in [2.45, 2.75) is 0 Å². The predicted molar refractivity (Wildman–Crippen MR) is 27.2 cm³/mol. The molecule has 0 rings (SSSR count). The van der Waals surface area contributed by atoms with Crippen LogP contribution in [0.3, 0.4) is 0 Å². The molecule has 0 aliphatic rings. The summed E-state index contributed by atoms with van der Waals surface area (Å²) in [4.78, 5) is 3.90. The summed E-state index contributed by atoms with van der Waals surface area (Å²) in [5, 5.41) is 0. The molecule has 0 spiro atoms. The molecule has 0 aromatic carbocycles. The Bertz CT molecular complexity index is 87.5. The molecule has 0 saturated carbocycles. The van der Waals surface area contributed by atoms with Gasteiger partial charge in [0.05, 0.1) is 10.8 Å². The van der Waals surface area contributed by atoms with E-state index in [2.05, 4.69) is 4.90 Å². The standard InChI is InChI=1S/BH4O2PS/c1-4(2)5-3/h2,4H,1H2/i/hD. The Kier molecular flexibility index (Phi) is 1.97. The number of hydrogen-bond donors (Lipinski definition) is 1. The Morgan fingerprint density at radius 2 is 3.00 bits per heavy atom. The molecule has 0 aliphatic carbocycles. The Labute approximate surface area is 36.6 Å². The molecule has 1 N–H and O–H groups in total. The lowest BCUT2D eigenvalue weighted by atomic mass is 10.8. The van der Waals surface area contributed by atoms with Crippen LogP contribution in [0.5, 0.6) is 0 Å². The van der Waals surface area contributed by atoms with E-state index in [1.807, 2.05) is 0 Å². The molecule has 30 valence electrons. The third-order valence-corrected chi connectivity index (χ3v) is 1.06. The van der Waals surface area contributed by atoms with Gasteiger partial charge in [-0.2, -0.15) is 0 Å². The van der Waals surface area contributed by atoms with Crippen LogP contribution >= 0.6 is 6.80 Å². The van der Waals surface area contributed by atoms with E-state index in [-0.39, 0.29) is 0 Å². The Morgan fingerprint density at radius 1 is 2.40 bits per heavy atom.